The molecule has 0 saturated heterocycles. The van der Waals surface area contributed by atoms with Gasteiger partial charge in [-0.05, 0) is 30.5 Å². The monoisotopic (exact) mass is 403 g/mol. The van der Waals surface area contributed by atoms with Gasteiger partial charge in [0.1, 0.15) is 17.7 Å². The Kier molecular flexibility index (Phi) is 7.67. The molecule has 3 N–H and O–H groups in total. The lowest BCUT2D eigenvalue weighted by Gasteiger charge is -2.15. The molecule has 6 nitrogen and oxygen atoms in total. The quantitative estimate of drug-likeness (QED) is 0.475. The molecule has 0 aliphatic rings. The van der Waals surface area contributed by atoms with Crippen LogP contribution in [0, 0.1) is 17.2 Å². The zero-order chi connectivity index (χ0) is 20.8. The third-order valence-electron chi connectivity index (χ3n) is 3.33. The van der Waals surface area contributed by atoms with E-state index in [-0.39, 0.29) is 18.0 Å². The molecule has 0 fully saturated rings. The first-order valence-electron chi connectivity index (χ1n) is 7.73. The van der Waals surface area contributed by atoms with Crippen LogP contribution in [0.2, 0.25) is 5.02 Å². The normalized spacial score (nSPS) is 13.0. The molecule has 0 bridgehead atoms. The summed E-state index contributed by atoms with van der Waals surface area (Å²) in [6.07, 6.45) is -3.53. The molecular formula is C17H17ClF3N3O3. The van der Waals surface area contributed by atoms with Gasteiger partial charge in [0.2, 0.25) is 0 Å². The lowest BCUT2D eigenvalue weighted by atomic mass is 10.0. The lowest BCUT2D eigenvalue weighted by molar-refractivity contribution is -0.139. The smallest absolute Gasteiger partial charge is 0.417 e. The number of nitrogens with one attached hydrogen (secondary N) is 2. The maximum absolute atomic E-state index is 12.9. The second-order valence-electron chi connectivity index (χ2n) is 6.00. The Balaban J connectivity index is 2.96. The number of halogens is 4. The van der Waals surface area contributed by atoms with Gasteiger partial charge in [0, 0.05) is 11.9 Å². The number of anilines is 1. The highest BCUT2D eigenvalue weighted by Crippen LogP contribution is 2.36. The summed E-state index contributed by atoms with van der Waals surface area (Å²) >= 11 is 5.50. The Morgan fingerprint density at radius 3 is 2.48 bits per heavy atom. The summed E-state index contributed by atoms with van der Waals surface area (Å²) in [5.41, 5.74) is -1.84. The van der Waals surface area contributed by atoms with Gasteiger partial charge in [-0.25, -0.2) is 4.79 Å². The molecule has 0 aliphatic heterocycles. The fraction of sp³-hybridized carbons (Fsp3) is 0.353. The molecule has 0 saturated carbocycles. The number of carboxylic acid groups (broad SMARTS) is 1. The molecule has 1 aromatic carbocycles. The van der Waals surface area contributed by atoms with Gasteiger partial charge in [-0.1, -0.05) is 25.4 Å². The van der Waals surface area contributed by atoms with Crippen molar-refractivity contribution in [2.45, 2.75) is 32.5 Å². The molecule has 10 heteroatoms. The van der Waals surface area contributed by atoms with E-state index in [1.165, 1.54) is 0 Å². The van der Waals surface area contributed by atoms with Crippen molar-refractivity contribution in [1.29, 1.82) is 5.26 Å². The van der Waals surface area contributed by atoms with Crippen molar-refractivity contribution in [2.75, 3.05) is 5.32 Å². The van der Waals surface area contributed by atoms with Crippen molar-refractivity contribution in [1.82, 2.24) is 5.32 Å². The summed E-state index contributed by atoms with van der Waals surface area (Å²) in [5, 5.41) is 22.3. The number of hydrogen-bond donors (Lipinski definition) is 3. The van der Waals surface area contributed by atoms with Gasteiger partial charge < -0.3 is 15.7 Å². The van der Waals surface area contributed by atoms with Gasteiger partial charge in [-0.2, -0.15) is 18.4 Å². The summed E-state index contributed by atoms with van der Waals surface area (Å²) in [7, 11) is 0. The van der Waals surface area contributed by atoms with Crippen LogP contribution in [0.5, 0.6) is 0 Å². The van der Waals surface area contributed by atoms with Gasteiger partial charge in [-0.3, -0.25) is 4.79 Å². The molecule has 1 rings (SSSR count). The van der Waals surface area contributed by atoms with Crippen molar-refractivity contribution >= 4 is 29.2 Å². The van der Waals surface area contributed by atoms with Crippen LogP contribution in [0.4, 0.5) is 18.9 Å². The second-order valence-corrected chi connectivity index (χ2v) is 6.41. The molecule has 0 spiro atoms. The van der Waals surface area contributed by atoms with Crippen molar-refractivity contribution in [2.24, 2.45) is 5.92 Å². The largest absolute Gasteiger partial charge is 0.480 e. The maximum Gasteiger partial charge on any atom is 0.417 e. The molecule has 1 amide bonds. The van der Waals surface area contributed by atoms with Crippen LogP contribution >= 0.6 is 11.6 Å². The van der Waals surface area contributed by atoms with E-state index >= 15 is 0 Å². The van der Waals surface area contributed by atoms with Crippen molar-refractivity contribution in [3.05, 3.63) is 40.6 Å². The number of carboxylic acids is 1. The molecule has 1 atom stereocenters. The minimum atomic E-state index is -4.71. The van der Waals surface area contributed by atoms with E-state index in [9.17, 15) is 22.8 Å². The first-order chi connectivity index (χ1) is 12.5. The Hall–Kier alpha value is -2.73. The number of rotatable bonds is 7. The van der Waals surface area contributed by atoms with E-state index in [4.69, 9.17) is 22.0 Å². The van der Waals surface area contributed by atoms with Crippen LogP contribution < -0.4 is 10.6 Å². The van der Waals surface area contributed by atoms with Crippen molar-refractivity contribution in [3.63, 3.8) is 0 Å². The van der Waals surface area contributed by atoms with E-state index in [0.29, 0.717) is 6.07 Å². The van der Waals surface area contributed by atoms with E-state index in [1.807, 2.05) is 0 Å². The topological polar surface area (TPSA) is 102 Å². The minimum absolute atomic E-state index is 0.0428. The lowest BCUT2D eigenvalue weighted by Crippen LogP contribution is -2.35. The molecule has 0 aromatic heterocycles. The fourth-order valence-electron chi connectivity index (χ4n) is 2.06. The van der Waals surface area contributed by atoms with Crippen LogP contribution in [-0.4, -0.2) is 23.0 Å². The maximum atomic E-state index is 12.9. The number of carbonyl (C=O) groups is 2. The van der Waals surface area contributed by atoms with Gasteiger partial charge in [-0.15, -0.1) is 0 Å². The van der Waals surface area contributed by atoms with Crippen LogP contribution in [0.3, 0.4) is 0 Å². The van der Waals surface area contributed by atoms with Crippen molar-refractivity contribution in [3.8, 4) is 6.07 Å². The number of aliphatic carboxylic acids is 1. The first-order valence-corrected chi connectivity index (χ1v) is 8.10. The number of benzene rings is 1. The molecule has 1 aromatic rings. The highest BCUT2D eigenvalue weighted by molar-refractivity contribution is 6.31. The van der Waals surface area contributed by atoms with Gasteiger partial charge in [0.25, 0.3) is 5.91 Å². The standard InChI is InChI=1S/C17H17ClF3N3O3/c1-9(2)5-14(16(26)27)23-8-10(7-22)15(25)24-11-3-4-13(18)12(6-11)17(19,20)21/h3-4,6,8-9,14,23H,5H2,1-2H3,(H,24,25)(H,26,27)/b10-8-. The van der Waals surface area contributed by atoms with E-state index in [1.54, 1.807) is 19.9 Å². The van der Waals surface area contributed by atoms with E-state index in [2.05, 4.69) is 10.6 Å². The zero-order valence-electron chi connectivity index (χ0n) is 14.4. The predicted octanol–water partition coefficient (Wildman–Crippen LogP) is 3.79. The summed E-state index contributed by atoms with van der Waals surface area (Å²) in [6.45, 7) is 3.61. The van der Waals surface area contributed by atoms with Crippen LogP contribution in [0.1, 0.15) is 25.8 Å². The Bertz CT molecular complexity index is 786. The number of alkyl halides is 3. The molecule has 0 heterocycles. The number of hydrogen-bond acceptors (Lipinski definition) is 4. The third kappa shape index (κ3) is 6.83. The Morgan fingerprint density at radius 1 is 1.37 bits per heavy atom. The van der Waals surface area contributed by atoms with Crippen molar-refractivity contribution < 1.29 is 27.9 Å². The SMILES string of the molecule is CC(C)CC(N/C=C(/C#N)C(=O)Nc1ccc(Cl)c(C(F)(F)F)c1)C(=O)O. The second kappa shape index (κ2) is 9.28. The average Bonchev–Trinajstić information content (AvgIpc) is 2.54. The molecule has 27 heavy (non-hydrogen) atoms. The van der Waals surface area contributed by atoms with E-state index < -0.39 is 40.3 Å². The number of amides is 1. The van der Waals surface area contributed by atoms with Gasteiger partial charge in [0.15, 0.2) is 0 Å². The highest BCUT2D eigenvalue weighted by Gasteiger charge is 2.33. The van der Waals surface area contributed by atoms with Crippen LogP contribution in [0.15, 0.2) is 30.0 Å². The summed E-state index contributed by atoms with van der Waals surface area (Å²) in [4.78, 5) is 23.3. The van der Waals surface area contributed by atoms with Crippen LogP contribution in [-0.2, 0) is 15.8 Å². The number of nitriles is 1. The number of nitrogens with zero attached hydrogens (tertiary/aromatic N) is 1. The Morgan fingerprint density at radius 2 is 2.00 bits per heavy atom. The molecular weight excluding hydrogens is 387 g/mol. The van der Waals surface area contributed by atoms with E-state index in [0.717, 1.165) is 18.3 Å². The fourth-order valence-corrected chi connectivity index (χ4v) is 2.29. The van der Waals surface area contributed by atoms with Crippen LogP contribution in [0.25, 0.3) is 0 Å². The van der Waals surface area contributed by atoms with Gasteiger partial charge in [0.05, 0.1) is 10.6 Å². The molecule has 0 aliphatic carbocycles. The average molecular weight is 404 g/mol. The third-order valence-corrected chi connectivity index (χ3v) is 3.66. The molecule has 1 unspecified atom stereocenters. The summed E-state index contributed by atoms with van der Waals surface area (Å²) in [5.74, 6) is -2.11. The minimum Gasteiger partial charge on any atom is -0.480 e. The zero-order valence-corrected chi connectivity index (χ0v) is 15.1. The summed E-state index contributed by atoms with van der Waals surface area (Å²) in [6, 6.07) is 3.31. The molecule has 146 valence electrons. The Labute approximate surface area is 158 Å². The number of carbonyl (C=O) groups excluding carboxylic acids is 1. The first kappa shape index (κ1) is 22.3. The molecule has 0 radical (unpaired) electrons. The van der Waals surface area contributed by atoms with Gasteiger partial charge >= 0.3 is 12.1 Å². The predicted molar refractivity (Wildman–Crippen MR) is 92.8 cm³/mol. The highest BCUT2D eigenvalue weighted by atomic mass is 35.5. The summed E-state index contributed by atoms with van der Waals surface area (Å²) < 4.78 is 38.6.